The second-order valence-corrected chi connectivity index (χ2v) is 8.89. The first-order valence-corrected chi connectivity index (χ1v) is 10.9. The van der Waals surface area contributed by atoms with Gasteiger partial charge in [0.15, 0.2) is 0 Å². The van der Waals surface area contributed by atoms with Crippen molar-refractivity contribution in [2.45, 2.75) is 11.8 Å². The number of sulfonamides is 1. The number of hydrogen-bond donors (Lipinski definition) is 1. The van der Waals surface area contributed by atoms with Crippen molar-refractivity contribution in [3.63, 3.8) is 0 Å². The van der Waals surface area contributed by atoms with Gasteiger partial charge in [0.2, 0.25) is 15.9 Å². The first kappa shape index (κ1) is 21.5. The van der Waals surface area contributed by atoms with Crippen molar-refractivity contribution < 1.29 is 17.9 Å². The highest BCUT2D eigenvalue weighted by molar-refractivity contribution is 7.89. The van der Waals surface area contributed by atoms with Crippen molar-refractivity contribution in [3.8, 4) is 5.75 Å². The van der Waals surface area contributed by atoms with Crippen molar-refractivity contribution in [1.82, 2.24) is 4.31 Å². The number of amides is 1. The standard InChI is InChI=1S/C23H24N2O4S/c1-4-29-21-14-13-19(16-22(21)30(27,28)25(2)3)24-23(26)15-12-18-10-7-9-17-8-5-6-11-20(17)18/h5-16H,4H2,1-3H3,(H,24,26)/b15-12+. The zero-order chi connectivity index (χ0) is 21.7. The molecule has 0 atom stereocenters. The van der Waals surface area contributed by atoms with E-state index in [0.717, 1.165) is 20.6 Å². The second kappa shape index (κ2) is 9.11. The zero-order valence-corrected chi connectivity index (χ0v) is 17.9. The molecule has 0 bridgehead atoms. The van der Waals surface area contributed by atoms with Crippen LogP contribution in [0.25, 0.3) is 16.8 Å². The largest absolute Gasteiger partial charge is 0.492 e. The minimum Gasteiger partial charge on any atom is -0.492 e. The van der Waals surface area contributed by atoms with Crippen LogP contribution in [0.15, 0.2) is 71.6 Å². The Bertz CT molecular complexity index is 1200. The monoisotopic (exact) mass is 424 g/mol. The summed E-state index contributed by atoms with van der Waals surface area (Å²) < 4.78 is 31.8. The molecule has 7 heteroatoms. The lowest BCUT2D eigenvalue weighted by molar-refractivity contribution is -0.111. The van der Waals surface area contributed by atoms with Gasteiger partial charge in [0.05, 0.1) is 6.61 Å². The molecule has 0 radical (unpaired) electrons. The maximum atomic E-state index is 12.6. The molecule has 1 amide bonds. The Labute approximate surface area is 176 Å². The number of ether oxygens (including phenoxy) is 1. The predicted octanol–water partition coefficient (Wildman–Crippen LogP) is 4.14. The van der Waals surface area contributed by atoms with E-state index in [1.807, 2.05) is 42.5 Å². The lowest BCUT2D eigenvalue weighted by Crippen LogP contribution is -2.23. The van der Waals surface area contributed by atoms with Crippen molar-refractivity contribution in [1.29, 1.82) is 0 Å². The number of rotatable bonds is 7. The molecule has 30 heavy (non-hydrogen) atoms. The molecule has 0 aliphatic carbocycles. The van der Waals surface area contributed by atoms with Crippen LogP contribution in [0.3, 0.4) is 0 Å². The smallest absolute Gasteiger partial charge is 0.248 e. The fraction of sp³-hybridized carbons (Fsp3) is 0.174. The lowest BCUT2D eigenvalue weighted by Gasteiger charge is -2.16. The number of carbonyl (C=O) groups is 1. The molecule has 0 unspecified atom stereocenters. The summed E-state index contributed by atoms with van der Waals surface area (Å²) in [4.78, 5) is 12.4. The van der Waals surface area contributed by atoms with E-state index in [9.17, 15) is 13.2 Å². The van der Waals surface area contributed by atoms with Crippen LogP contribution in [0.5, 0.6) is 5.75 Å². The van der Waals surface area contributed by atoms with Gasteiger partial charge in [0.1, 0.15) is 10.6 Å². The SMILES string of the molecule is CCOc1ccc(NC(=O)/C=C/c2cccc3ccccc23)cc1S(=O)(=O)N(C)C. The number of nitrogens with zero attached hydrogens (tertiary/aromatic N) is 1. The molecule has 0 saturated heterocycles. The lowest BCUT2D eigenvalue weighted by atomic mass is 10.0. The van der Waals surface area contributed by atoms with Crippen LogP contribution in [0.2, 0.25) is 0 Å². The molecule has 0 heterocycles. The Morgan fingerprint density at radius 2 is 1.80 bits per heavy atom. The molecular weight excluding hydrogens is 400 g/mol. The average molecular weight is 425 g/mol. The van der Waals surface area contributed by atoms with Crippen LogP contribution in [-0.4, -0.2) is 39.3 Å². The summed E-state index contributed by atoms with van der Waals surface area (Å²) in [7, 11) is -0.833. The molecule has 0 aromatic heterocycles. The van der Waals surface area contributed by atoms with Gasteiger partial charge in [-0.25, -0.2) is 12.7 Å². The molecule has 0 spiro atoms. The summed E-state index contributed by atoms with van der Waals surface area (Å²) in [5, 5.41) is 4.85. The summed E-state index contributed by atoms with van der Waals surface area (Å²) in [6.07, 6.45) is 3.17. The molecule has 0 fully saturated rings. The van der Waals surface area contributed by atoms with Crippen molar-refractivity contribution in [2.24, 2.45) is 0 Å². The number of nitrogens with one attached hydrogen (secondary N) is 1. The van der Waals surface area contributed by atoms with Crippen LogP contribution in [-0.2, 0) is 14.8 Å². The highest BCUT2D eigenvalue weighted by Crippen LogP contribution is 2.29. The Hall–Kier alpha value is -3.16. The Morgan fingerprint density at radius 1 is 1.07 bits per heavy atom. The van der Waals surface area contributed by atoms with Gasteiger partial charge in [-0.05, 0) is 47.5 Å². The van der Waals surface area contributed by atoms with E-state index in [0.29, 0.717) is 12.3 Å². The van der Waals surface area contributed by atoms with E-state index in [1.165, 1.54) is 26.2 Å². The molecule has 0 aliphatic heterocycles. The van der Waals surface area contributed by atoms with E-state index < -0.39 is 10.0 Å². The van der Waals surface area contributed by atoms with Crippen LogP contribution in [0, 0.1) is 0 Å². The third-order valence-corrected chi connectivity index (χ3v) is 6.34. The van der Waals surface area contributed by atoms with E-state index in [2.05, 4.69) is 5.32 Å². The second-order valence-electron chi connectivity index (χ2n) is 6.77. The van der Waals surface area contributed by atoms with E-state index >= 15 is 0 Å². The Kier molecular flexibility index (Phi) is 6.54. The van der Waals surface area contributed by atoms with Gasteiger partial charge >= 0.3 is 0 Å². The quantitative estimate of drug-likeness (QED) is 0.579. The number of carbonyl (C=O) groups excluding carboxylic acids is 1. The third-order valence-electron chi connectivity index (χ3n) is 4.51. The summed E-state index contributed by atoms with van der Waals surface area (Å²) in [6.45, 7) is 2.11. The molecule has 3 aromatic rings. The minimum absolute atomic E-state index is 0.00480. The third kappa shape index (κ3) is 4.69. The van der Waals surface area contributed by atoms with Gasteiger partial charge in [0.25, 0.3) is 0 Å². The topological polar surface area (TPSA) is 75.7 Å². The van der Waals surface area contributed by atoms with Crippen LogP contribution in [0.4, 0.5) is 5.69 Å². The van der Waals surface area contributed by atoms with Crippen LogP contribution in [0.1, 0.15) is 12.5 Å². The first-order chi connectivity index (χ1) is 14.3. The minimum atomic E-state index is -3.73. The predicted molar refractivity (Wildman–Crippen MR) is 120 cm³/mol. The van der Waals surface area contributed by atoms with E-state index in [1.54, 1.807) is 25.1 Å². The fourth-order valence-corrected chi connectivity index (χ4v) is 4.05. The van der Waals surface area contributed by atoms with Gasteiger partial charge in [-0.2, -0.15) is 0 Å². The maximum Gasteiger partial charge on any atom is 0.248 e. The van der Waals surface area contributed by atoms with Gasteiger partial charge in [0, 0.05) is 25.9 Å². The molecular formula is C23H24N2O4S. The maximum absolute atomic E-state index is 12.6. The van der Waals surface area contributed by atoms with Gasteiger partial charge in [-0.1, -0.05) is 42.5 Å². The van der Waals surface area contributed by atoms with Crippen molar-refractivity contribution in [2.75, 3.05) is 26.0 Å². The molecule has 3 aromatic carbocycles. The molecule has 0 aliphatic rings. The normalized spacial score (nSPS) is 11.9. The van der Waals surface area contributed by atoms with Crippen LogP contribution < -0.4 is 10.1 Å². The summed E-state index contributed by atoms with van der Waals surface area (Å²) in [5.41, 5.74) is 1.29. The molecule has 1 N–H and O–H groups in total. The van der Waals surface area contributed by atoms with Gasteiger partial charge in [-0.15, -0.1) is 0 Å². The highest BCUT2D eigenvalue weighted by atomic mass is 32.2. The Morgan fingerprint density at radius 3 is 2.53 bits per heavy atom. The summed E-state index contributed by atoms with van der Waals surface area (Å²) in [6, 6.07) is 18.4. The van der Waals surface area contributed by atoms with Gasteiger partial charge < -0.3 is 10.1 Å². The molecule has 0 saturated carbocycles. The molecule has 3 rings (SSSR count). The van der Waals surface area contributed by atoms with Crippen molar-refractivity contribution >= 4 is 38.5 Å². The molecule has 156 valence electrons. The summed E-state index contributed by atoms with van der Waals surface area (Å²) >= 11 is 0. The summed E-state index contributed by atoms with van der Waals surface area (Å²) in [5.74, 6) is -0.115. The van der Waals surface area contributed by atoms with Gasteiger partial charge in [-0.3, -0.25) is 4.79 Å². The van der Waals surface area contributed by atoms with E-state index in [4.69, 9.17) is 4.74 Å². The van der Waals surface area contributed by atoms with Crippen molar-refractivity contribution in [3.05, 3.63) is 72.3 Å². The zero-order valence-electron chi connectivity index (χ0n) is 17.1. The average Bonchev–Trinajstić information content (AvgIpc) is 2.73. The fourth-order valence-electron chi connectivity index (χ4n) is 3.00. The molecule has 6 nitrogen and oxygen atoms in total. The Balaban J connectivity index is 1.85. The number of benzene rings is 3. The number of hydrogen-bond acceptors (Lipinski definition) is 4. The number of fused-ring (bicyclic) bond motifs is 1. The van der Waals surface area contributed by atoms with Crippen LogP contribution >= 0.6 is 0 Å². The highest BCUT2D eigenvalue weighted by Gasteiger charge is 2.23. The first-order valence-electron chi connectivity index (χ1n) is 9.49. The number of anilines is 1. The van der Waals surface area contributed by atoms with E-state index in [-0.39, 0.29) is 16.6 Å².